The molecule has 0 spiro atoms. The molecular weight excluding hydrogens is 452 g/mol. The monoisotopic (exact) mass is 479 g/mol. The molecule has 7 heteroatoms. The first-order chi connectivity index (χ1) is 11.7. The third-order valence-corrected chi connectivity index (χ3v) is 3.63. The highest BCUT2D eigenvalue weighted by molar-refractivity contribution is 14.1. The third-order valence-electron chi connectivity index (χ3n) is 3.00. The zero-order valence-electron chi connectivity index (χ0n) is 16.3. The molecule has 0 radical (unpaired) electrons. The fourth-order valence-electron chi connectivity index (χ4n) is 2.00. The van der Waals surface area contributed by atoms with E-state index in [0.29, 0.717) is 5.56 Å². The minimum atomic E-state index is -1.23. The van der Waals surface area contributed by atoms with Gasteiger partial charge < -0.3 is 9.47 Å². The predicted octanol–water partition coefficient (Wildman–Crippen LogP) is 6.20. The third kappa shape index (κ3) is 7.09. The summed E-state index contributed by atoms with van der Waals surface area (Å²) in [6.07, 6.45) is -2.97. The number of hydrogen-bond donors (Lipinski definition) is 0. The molecule has 0 aliphatic rings. The van der Waals surface area contributed by atoms with Gasteiger partial charge in [-0.2, -0.15) is 4.90 Å². The quantitative estimate of drug-likeness (QED) is 0.383. The molecule has 0 fully saturated rings. The second kappa shape index (κ2) is 8.54. The van der Waals surface area contributed by atoms with Crippen LogP contribution in [0.15, 0.2) is 24.3 Å². The van der Waals surface area contributed by atoms with Crippen LogP contribution in [0.1, 0.15) is 60.2 Å². The second-order valence-electron chi connectivity index (χ2n) is 7.97. The summed E-state index contributed by atoms with van der Waals surface area (Å²) in [6, 6.07) is 6.22. The Kier molecular flexibility index (Phi) is 7.44. The van der Waals surface area contributed by atoms with Gasteiger partial charge in [-0.15, -0.1) is 0 Å². The number of hydrogen-bond acceptors (Lipinski definition) is 4. The lowest BCUT2D eigenvalue weighted by molar-refractivity contribution is 0.0430. The van der Waals surface area contributed by atoms with Gasteiger partial charge in [-0.05, 0) is 59.2 Å². The van der Waals surface area contributed by atoms with Crippen LogP contribution in [-0.2, 0) is 9.47 Å². The van der Waals surface area contributed by atoms with Gasteiger partial charge in [0.05, 0.1) is 5.69 Å². The van der Waals surface area contributed by atoms with Crippen molar-refractivity contribution in [2.24, 2.45) is 0 Å². The van der Waals surface area contributed by atoms with Crippen molar-refractivity contribution >= 4 is 40.5 Å². The summed E-state index contributed by atoms with van der Waals surface area (Å²) in [6.45, 7) is 11.9. The maximum atomic E-state index is 14.4. The Balaban J connectivity index is 3.30. The van der Waals surface area contributed by atoms with Crippen molar-refractivity contribution in [1.29, 1.82) is 0 Å². The number of rotatable bonds is 3. The topological polar surface area (TPSA) is 55.8 Å². The van der Waals surface area contributed by atoms with E-state index in [0.717, 1.165) is 4.90 Å². The number of benzene rings is 1. The van der Waals surface area contributed by atoms with Crippen molar-refractivity contribution in [1.82, 2.24) is 0 Å². The maximum Gasteiger partial charge on any atom is 0.424 e. The Hall–Kier alpha value is -1.38. The van der Waals surface area contributed by atoms with Gasteiger partial charge in [0.25, 0.3) is 0 Å². The molecule has 1 aromatic carbocycles. The molecule has 0 saturated carbocycles. The molecule has 26 heavy (non-hydrogen) atoms. The van der Waals surface area contributed by atoms with Crippen LogP contribution in [0.2, 0.25) is 0 Å². The molecule has 2 atom stereocenters. The largest absolute Gasteiger partial charge is 0.443 e. The van der Waals surface area contributed by atoms with Crippen LogP contribution in [0, 0.1) is 0 Å². The Morgan fingerprint density at radius 1 is 1.04 bits per heavy atom. The van der Waals surface area contributed by atoms with E-state index in [9.17, 15) is 14.0 Å². The van der Waals surface area contributed by atoms with E-state index in [1.54, 1.807) is 66.7 Å². The van der Waals surface area contributed by atoms with Crippen molar-refractivity contribution in [2.45, 2.75) is 69.8 Å². The summed E-state index contributed by atoms with van der Waals surface area (Å²) in [7, 11) is 0. The van der Waals surface area contributed by atoms with Gasteiger partial charge in [-0.3, -0.25) is 0 Å². The molecule has 5 nitrogen and oxygen atoms in total. The van der Waals surface area contributed by atoms with Crippen LogP contribution in [-0.4, -0.2) is 27.3 Å². The molecule has 2 unspecified atom stereocenters. The number of carbonyl (C=O) groups is 2. The molecule has 0 aliphatic heterocycles. The minimum absolute atomic E-state index is 0.200. The highest BCUT2D eigenvalue weighted by atomic mass is 127. The van der Waals surface area contributed by atoms with E-state index < -0.39 is 29.6 Å². The Morgan fingerprint density at radius 2 is 1.50 bits per heavy atom. The molecule has 0 heterocycles. The maximum absolute atomic E-state index is 14.4. The summed E-state index contributed by atoms with van der Waals surface area (Å²) in [5, 5.41) is 0. The van der Waals surface area contributed by atoms with Crippen molar-refractivity contribution in [3.05, 3.63) is 29.8 Å². The standard InChI is InChI=1S/C19H27FINO4/c1-12(21)15(20)13-9-8-10-14(11-13)22(16(23)25-18(2,3)4)17(24)26-19(5,6)7/h8-12,15H,1-7H3. The smallest absolute Gasteiger partial charge is 0.424 e. The Labute approximate surface area is 168 Å². The van der Waals surface area contributed by atoms with Gasteiger partial charge in [0.1, 0.15) is 17.4 Å². The molecule has 0 bridgehead atoms. The van der Waals surface area contributed by atoms with E-state index in [1.807, 2.05) is 22.6 Å². The second-order valence-corrected chi connectivity index (χ2v) is 9.94. The summed E-state index contributed by atoms with van der Waals surface area (Å²) >= 11 is 1.99. The van der Waals surface area contributed by atoms with Crippen LogP contribution in [0.4, 0.5) is 19.7 Å². The van der Waals surface area contributed by atoms with Crippen LogP contribution in [0.5, 0.6) is 0 Å². The van der Waals surface area contributed by atoms with Gasteiger partial charge in [0.15, 0.2) is 0 Å². The SMILES string of the molecule is CC(I)C(F)c1cccc(N(C(=O)OC(C)(C)C)C(=O)OC(C)(C)C)c1. The van der Waals surface area contributed by atoms with Crippen molar-refractivity contribution in [2.75, 3.05) is 4.90 Å². The van der Waals surface area contributed by atoms with E-state index in [-0.39, 0.29) is 9.61 Å². The molecule has 1 rings (SSSR count). The lowest BCUT2D eigenvalue weighted by Gasteiger charge is -2.29. The Morgan fingerprint density at radius 3 is 1.88 bits per heavy atom. The van der Waals surface area contributed by atoms with E-state index in [4.69, 9.17) is 9.47 Å². The first-order valence-corrected chi connectivity index (χ1v) is 9.60. The molecule has 0 aromatic heterocycles. The summed E-state index contributed by atoms with van der Waals surface area (Å²) < 4.78 is 24.8. The lowest BCUT2D eigenvalue weighted by Crippen LogP contribution is -2.43. The number of anilines is 1. The van der Waals surface area contributed by atoms with Crippen LogP contribution in [0.25, 0.3) is 0 Å². The number of halogens is 2. The first kappa shape index (κ1) is 22.7. The number of alkyl halides is 2. The van der Waals surface area contributed by atoms with Crippen molar-refractivity contribution in [3.63, 3.8) is 0 Å². The number of imide groups is 1. The van der Waals surface area contributed by atoms with Gasteiger partial charge in [0.2, 0.25) is 0 Å². The van der Waals surface area contributed by atoms with Crippen LogP contribution < -0.4 is 4.90 Å². The average molecular weight is 479 g/mol. The fraction of sp³-hybridized carbons (Fsp3) is 0.579. The van der Waals surface area contributed by atoms with E-state index in [2.05, 4.69) is 0 Å². The van der Waals surface area contributed by atoms with Crippen molar-refractivity contribution < 1.29 is 23.5 Å². The summed E-state index contributed by atoms with van der Waals surface area (Å²) in [5.74, 6) is 0. The molecule has 0 aliphatic carbocycles. The summed E-state index contributed by atoms with van der Waals surface area (Å²) in [4.78, 5) is 26.0. The molecule has 0 N–H and O–H groups in total. The van der Waals surface area contributed by atoms with Crippen LogP contribution >= 0.6 is 22.6 Å². The van der Waals surface area contributed by atoms with E-state index >= 15 is 0 Å². The van der Waals surface area contributed by atoms with E-state index in [1.165, 1.54) is 6.07 Å². The molecule has 2 amide bonds. The van der Waals surface area contributed by atoms with Gasteiger partial charge in [0, 0.05) is 3.92 Å². The molecule has 146 valence electrons. The molecular formula is C19H27FINO4. The number of nitrogens with zero attached hydrogens (tertiary/aromatic N) is 1. The first-order valence-electron chi connectivity index (χ1n) is 8.35. The van der Waals surface area contributed by atoms with Crippen LogP contribution in [0.3, 0.4) is 0 Å². The molecule has 1 aromatic rings. The zero-order valence-corrected chi connectivity index (χ0v) is 18.5. The lowest BCUT2D eigenvalue weighted by atomic mass is 10.1. The normalized spacial score (nSPS) is 14.3. The zero-order chi connectivity index (χ0) is 20.3. The number of ether oxygens (including phenoxy) is 2. The number of carbonyl (C=O) groups excluding carboxylic acids is 2. The fourth-order valence-corrected chi connectivity index (χ4v) is 2.42. The predicted molar refractivity (Wildman–Crippen MR) is 109 cm³/mol. The van der Waals surface area contributed by atoms with Gasteiger partial charge >= 0.3 is 12.2 Å². The minimum Gasteiger partial charge on any atom is -0.443 e. The highest BCUT2D eigenvalue weighted by Gasteiger charge is 2.33. The number of amides is 2. The highest BCUT2D eigenvalue weighted by Crippen LogP contribution is 2.30. The average Bonchev–Trinajstić information content (AvgIpc) is 2.42. The molecule has 0 saturated heterocycles. The van der Waals surface area contributed by atoms with Gasteiger partial charge in [-0.1, -0.05) is 41.6 Å². The van der Waals surface area contributed by atoms with Gasteiger partial charge in [-0.25, -0.2) is 14.0 Å². The Bertz CT molecular complexity index is 622. The van der Waals surface area contributed by atoms with Crippen molar-refractivity contribution in [3.8, 4) is 0 Å². The summed E-state index contributed by atoms with van der Waals surface area (Å²) in [5.41, 5.74) is -1.02.